The Balaban J connectivity index is 1.23. The number of benzene rings is 6. The molecule has 0 radical (unpaired) electrons. The van der Waals surface area contributed by atoms with Crippen LogP contribution in [0.25, 0.3) is 0 Å². The van der Waals surface area contributed by atoms with Gasteiger partial charge in [0.15, 0.2) is 11.5 Å². The zero-order chi connectivity index (χ0) is 42.1. The summed E-state index contributed by atoms with van der Waals surface area (Å²) >= 11 is 0. The number of fused-ring (bicyclic) bond motifs is 6. The van der Waals surface area contributed by atoms with Crippen LogP contribution in [-0.4, -0.2) is 52.6 Å². The van der Waals surface area contributed by atoms with Crippen LogP contribution in [0.15, 0.2) is 132 Å². The average Bonchev–Trinajstić information content (AvgIpc) is 3.49. The van der Waals surface area contributed by atoms with E-state index in [0.717, 1.165) is 0 Å². The highest BCUT2D eigenvalue weighted by atomic mass is 16.6. The second-order valence-electron chi connectivity index (χ2n) is 13.2. The summed E-state index contributed by atoms with van der Waals surface area (Å²) in [5, 5.41) is 29.4. The number of hydrazone groups is 1. The molecule has 6 aromatic carbocycles. The number of hydrogen-bond donors (Lipinski definition) is 0. The van der Waals surface area contributed by atoms with Gasteiger partial charge in [-0.15, -0.1) is 0 Å². The Morgan fingerprint density at radius 3 is 1.93 bits per heavy atom. The second kappa shape index (κ2) is 15.5. The standard InChI is InChI=1S/C44H30N4O12/c1-3-57-27-17-19-33-38(23-27)59-39-24-28(58-42(50)30-11-5-8-14-35(30)47(52)53)18-20-34(39)44(33)32-13-7-4-10-29(32)41(49)46(44)45-25-26-16-21-37(56-2)40(22-26)60-43(51)31-12-6-9-15-36(31)48(54)55/h4-25H,3H2,1-2H3/b45-25+. The van der Waals surface area contributed by atoms with Crippen molar-refractivity contribution in [2.45, 2.75) is 12.5 Å². The van der Waals surface area contributed by atoms with E-state index in [2.05, 4.69) is 0 Å². The van der Waals surface area contributed by atoms with Gasteiger partial charge in [-0.2, -0.15) is 5.10 Å². The van der Waals surface area contributed by atoms with Gasteiger partial charge in [-0.1, -0.05) is 42.5 Å². The molecule has 8 rings (SSSR count). The number of ether oxygens (including phenoxy) is 5. The van der Waals surface area contributed by atoms with E-state index >= 15 is 0 Å². The smallest absolute Gasteiger partial charge is 0.350 e. The van der Waals surface area contributed by atoms with Crippen molar-refractivity contribution < 1.29 is 47.9 Å². The van der Waals surface area contributed by atoms with E-state index in [1.54, 1.807) is 54.6 Å². The fraction of sp³-hybridized carbons (Fsp3) is 0.0909. The molecule has 16 nitrogen and oxygen atoms in total. The van der Waals surface area contributed by atoms with Crippen LogP contribution in [-0.2, 0) is 5.54 Å². The Morgan fingerprint density at radius 1 is 0.717 bits per heavy atom. The molecule has 1 spiro atoms. The Bertz CT molecular complexity index is 2800. The zero-order valence-corrected chi connectivity index (χ0v) is 31.6. The third-order valence-electron chi connectivity index (χ3n) is 9.84. The van der Waals surface area contributed by atoms with Crippen molar-refractivity contribution in [3.05, 3.63) is 187 Å². The summed E-state index contributed by atoms with van der Waals surface area (Å²) in [5.74, 6) is -1.39. The van der Waals surface area contributed by atoms with Gasteiger partial charge in [0.2, 0.25) is 0 Å². The third kappa shape index (κ3) is 6.56. The van der Waals surface area contributed by atoms with Gasteiger partial charge in [0.1, 0.15) is 39.7 Å². The Morgan fingerprint density at radius 2 is 1.30 bits per heavy atom. The highest BCUT2D eigenvalue weighted by molar-refractivity contribution is 6.03. The van der Waals surface area contributed by atoms with Crippen molar-refractivity contribution in [2.75, 3.05) is 13.7 Å². The van der Waals surface area contributed by atoms with Gasteiger partial charge in [0.05, 0.1) is 29.8 Å². The van der Waals surface area contributed by atoms with E-state index in [9.17, 15) is 34.6 Å². The molecule has 0 fully saturated rings. The van der Waals surface area contributed by atoms with E-state index < -0.39 is 44.6 Å². The molecule has 298 valence electrons. The minimum Gasteiger partial charge on any atom is -0.494 e. The fourth-order valence-electron chi connectivity index (χ4n) is 7.28. The molecule has 0 N–H and O–H groups in total. The van der Waals surface area contributed by atoms with Crippen LogP contribution >= 0.6 is 0 Å². The number of nitrogens with zero attached hydrogens (tertiary/aromatic N) is 4. The molecule has 0 bridgehead atoms. The summed E-state index contributed by atoms with van der Waals surface area (Å²) < 4.78 is 28.9. The molecule has 0 saturated heterocycles. The predicted molar refractivity (Wildman–Crippen MR) is 213 cm³/mol. The molecule has 2 aliphatic heterocycles. The number of rotatable bonds is 11. The lowest BCUT2D eigenvalue weighted by molar-refractivity contribution is -0.385. The molecule has 0 aromatic heterocycles. The van der Waals surface area contributed by atoms with E-state index in [-0.39, 0.29) is 34.1 Å². The van der Waals surface area contributed by atoms with Crippen LogP contribution in [0.1, 0.15) is 60.3 Å². The molecule has 2 heterocycles. The van der Waals surface area contributed by atoms with Crippen molar-refractivity contribution in [3.63, 3.8) is 0 Å². The summed E-state index contributed by atoms with van der Waals surface area (Å²) in [7, 11) is 1.37. The van der Waals surface area contributed by atoms with Crippen LogP contribution in [0.3, 0.4) is 0 Å². The quantitative estimate of drug-likeness (QED) is 0.0400. The number of hydrogen-bond acceptors (Lipinski definition) is 13. The van der Waals surface area contributed by atoms with Gasteiger partial charge in [0.25, 0.3) is 17.3 Å². The monoisotopic (exact) mass is 806 g/mol. The van der Waals surface area contributed by atoms with Crippen LogP contribution in [0.5, 0.6) is 34.5 Å². The second-order valence-corrected chi connectivity index (χ2v) is 13.2. The Labute approximate surface area is 340 Å². The maximum atomic E-state index is 14.6. The number of carbonyl (C=O) groups is 3. The van der Waals surface area contributed by atoms with E-state index in [1.807, 2.05) is 6.92 Å². The number of para-hydroxylation sites is 2. The highest BCUT2D eigenvalue weighted by Crippen LogP contribution is 2.58. The fourth-order valence-corrected chi connectivity index (χ4v) is 7.28. The number of nitro benzene ring substituents is 2. The molecule has 0 aliphatic carbocycles. The SMILES string of the molecule is CCOc1ccc2c(c1)Oc1cc(OC(=O)c3ccccc3[N+](=O)[O-])ccc1C21c2ccccc2C(=O)N1/N=C/c1ccc(OC)c(OC(=O)c2ccccc2[N+](=O)[O-])c1. The third-order valence-corrected chi connectivity index (χ3v) is 9.84. The van der Waals surface area contributed by atoms with Crippen LogP contribution < -0.4 is 23.7 Å². The topological polar surface area (TPSA) is 199 Å². The summed E-state index contributed by atoms with van der Waals surface area (Å²) in [5.41, 5.74) is -0.654. The summed E-state index contributed by atoms with van der Waals surface area (Å²) in [6, 6.07) is 32.1. The maximum Gasteiger partial charge on any atom is 0.350 e. The first-order valence-electron chi connectivity index (χ1n) is 18.2. The molecular formula is C44H30N4O12. The maximum absolute atomic E-state index is 14.6. The number of esters is 2. The van der Waals surface area contributed by atoms with Crippen LogP contribution in [0.4, 0.5) is 11.4 Å². The lowest BCUT2D eigenvalue weighted by Gasteiger charge is -2.41. The minimum atomic E-state index is -1.48. The van der Waals surface area contributed by atoms with Gasteiger partial charge in [-0.05, 0) is 73.2 Å². The van der Waals surface area contributed by atoms with Gasteiger partial charge in [-0.25, -0.2) is 14.6 Å². The lowest BCUT2D eigenvalue weighted by Crippen LogP contribution is -2.44. The summed E-state index contributed by atoms with van der Waals surface area (Å²) in [6.45, 7) is 2.18. The Hall–Kier alpha value is -8.40. The molecule has 1 amide bonds. The molecule has 1 unspecified atom stereocenters. The van der Waals surface area contributed by atoms with E-state index in [0.29, 0.717) is 45.9 Å². The van der Waals surface area contributed by atoms with Crippen molar-refractivity contribution in [1.29, 1.82) is 0 Å². The summed E-state index contributed by atoms with van der Waals surface area (Å²) in [6.07, 6.45) is 1.39. The molecule has 1 atom stereocenters. The van der Waals surface area contributed by atoms with Crippen molar-refractivity contribution in [2.24, 2.45) is 5.10 Å². The number of carbonyl (C=O) groups excluding carboxylic acids is 3. The van der Waals surface area contributed by atoms with Crippen molar-refractivity contribution >= 4 is 35.4 Å². The molecular weight excluding hydrogens is 776 g/mol. The minimum absolute atomic E-state index is 0.00488. The first-order valence-corrected chi connectivity index (χ1v) is 18.2. The first kappa shape index (κ1) is 38.5. The van der Waals surface area contributed by atoms with Crippen molar-refractivity contribution in [1.82, 2.24) is 5.01 Å². The van der Waals surface area contributed by atoms with E-state index in [4.69, 9.17) is 28.8 Å². The molecule has 0 saturated carbocycles. The normalized spacial score (nSPS) is 14.8. The highest BCUT2D eigenvalue weighted by Gasteiger charge is 2.57. The van der Waals surface area contributed by atoms with Crippen molar-refractivity contribution in [3.8, 4) is 34.5 Å². The van der Waals surface area contributed by atoms with E-state index in [1.165, 1.54) is 91.1 Å². The summed E-state index contributed by atoms with van der Waals surface area (Å²) in [4.78, 5) is 63.0. The lowest BCUT2D eigenvalue weighted by atomic mass is 9.75. The number of methoxy groups -OCH3 is 1. The largest absolute Gasteiger partial charge is 0.494 e. The van der Waals surface area contributed by atoms with Gasteiger partial charge < -0.3 is 23.7 Å². The zero-order valence-electron chi connectivity index (χ0n) is 31.6. The first-order chi connectivity index (χ1) is 29.0. The number of amides is 1. The van der Waals surface area contributed by atoms with Gasteiger partial charge >= 0.3 is 11.9 Å². The number of nitro groups is 2. The molecule has 16 heteroatoms. The molecule has 60 heavy (non-hydrogen) atoms. The van der Waals surface area contributed by atoms with Crippen LogP contribution in [0, 0.1) is 20.2 Å². The molecule has 6 aromatic rings. The average molecular weight is 807 g/mol. The van der Waals surface area contributed by atoms with Crippen LogP contribution in [0.2, 0.25) is 0 Å². The predicted octanol–water partition coefficient (Wildman–Crippen LogP) is 8.24. The van der Waals surface area contributed by atoms with Gasteiger partial charge in [-0.3, -0.25) is 25.0 Å². The Kier molecular flexibility index (Phi) is 9.94. The molecule has 2 aliphatic rings. The van der Waals surface area contributed by atoms with Gasteiger partial charge in [0, 0.05) is 46.5 Å².